The molecule has 6 nitrogen and oxygen atoms in total. The molecule has 0 heterocycles. The van der Waals surface area contributed by atoms with Crippen molar-refractivity contribution >= 4 is 23.2 Å². The monoisotopic (exact) mass is 394 g/mol. The first kappa shape index (κ1) is 19.9. The largest absolute Gasteiger partial charge is 0.497 e. The smallest absolute Gasteiger partial charge is 0.258 e. The van der Waals surface area contributed by atoms with Gasteiger partial charge in [-0.1, -0.05) is 12.1 Å². The van der Waals surface area contributed by atoms with Crippen LogP contribution >= 0.6 is 0 Å². The van der Waals surface area contributed by atoms with Crippen molar-refractivity contribution in [3.63, 3.8) is 0 Å². The van der Waals surface area contributed by atoms with Gasteiger partial charge in [-0.2, -0.15) is 0 Å². The van der Waals surface area contributed by atoms with Crippen molar-refractivity contribution in [1.29, 1.82) is 0 Å². The molecule has 0 unspecified atom stereocenters. The Balaban J connectivity index is 1.80. The fraction of sp³-hybridized carbons (Fsp3) is 0.0909. The molecule has 3 aromatic rings. The molecule has 0 aromatic heterocycles. The maximum Gasteiger partial charge on any atom is 0.258 e. The number of hydrogen-bond acceptors (Lipinski definition) is 4. The molecule has 0 fully saturated rings. The number of methoxy groups -OCH3 is 2. The number of hydrogen-bond donors (Lipinski definition) is 2. The van der Waals surface area contributed by atoms with Crippen LogP contribution in [0.5, 0.6) is 11.5 Å². The molecule has 3 aromatic carbocycles. The molecule has 0 saturated carbocycles. The second kappa shape index (κ2) is 8.88. The van der Waals surface area contributed by atoms with E-state index in [0.29, 0.717) is 28.4 Å². The molecule has 0 aliphatic heterocycles. The normalized spacial score (nSPS) is 10.2. The van der Waals surface area contributed by atoms with Crippen LogP contribution in [0, 0.1) is 5.82 Å². The Labute approximate surface area is 167 Å². The Hall–Kier alpha value is -3.87. The van der Waals surface area contributed by atoms with E-state index in [-0.39, 0.29) is 11.5 Å². The number of carbonyl (C=O) groups excluding carboxylic acids is 2. The molecule has 0 radical (unpaired) electrons. The van der Waals surface area contributed by atoms with Crippen LogP contribution in [0.25, 0.3) is 0 Å². The summed E-state index contributed by atoms with van der Waals surface area (Å²) in [5, 5.41) is 5.37. The summed E-state index contributed by atoms with van der Waals surface area (Å²) in [7, 11) is 3.01. The van der Waals surface area contributed by atoms with Gasteiger partial charge < -0.3 is 20.1 Å². The van der Waals surface area contributed by atoms with Crippen molar-refractivity contribution in [3.8, 4) is 11.5 Å². The van der Waals surface area contributed by atoms with Crippen LogP contribution in [-0.4, -0.2) is 26.0 Å². The first-order valence-corrected chi connectivity index (χ1v) is 8.71. The summed E-state index contributed by atoms with van der Waals surface area (Å²) in [5.74, 6) is -0.525. The van der Waals surface area contributed by atoms with E-state index in [2.05, 4.69) is 10.6 Å². The number of anilines is 2. The van der Waals surface area contributed by atoms with Gasteiger partial charge in [-0.25, -0.2) is 4.39 Å². The molecular weight excluding hydrogens is 375 g/mol. The van der Waals surface area contributed by atoms with Crippen molar-refractivity contribution < 1.29 is 23.5 Å². The van der Waals surface area contributed by atoms with Gasteiger partial charge in [0.15, 0.2) is 0 Å². The summed E-state index contributed by atoms with van der Waals surface area (Å²) < 4.78 is 24.2. The summed E-state index contributed by atoms with van der Waals surface area (Å²) >= 11 is 0. The lowest BCUT2D eigenvalue weighted by molar-refractivity contribution is 0.101. The molecule has 0 atom stereocenters. The standard InChI is InChI=1S/C22H19FN2O4/c1-28-16-10-7-14(8-11-16)21(26)25-19-13-15(9-12-20(19)29-2)24-22(27)17-5-3-4-6-18(17)23/h3-13H,1-2H3,(H,24,27)(H,25,26). The SMILES string of the molecule is COc1ccc(C(=O)Nc2cc(NC(=O)c3ccccc3F)ccc2OC)cc1. The van der Waals surface area contributed by atoms with Gasteiger partial charge in [0.2, 0.25) is 0 Å². The van der Waals surface area contributed by atoms with Crippen LogP contribution in [0.1, 0.15) is 20.7 Å². The Morgan fingerprint density at radius 2 is 1.55 bits per heavy atom. The molecule has 7 heteroatoms. The van der Waals surface area contributed by atoms with Gasteiger partial charge in [0.1, 0.15) is 17.3 Å². The van der Waals surface area contributed by atoms with E-state index in [9.17, 15) is 14.0 Å². The third kappa shape index (κ3) is 4.70. The van der Waals surface area contributed by atoms with Crippen LogP contribution in [0.2, 0.25) is 0 Å². The highest BCUT2D eigenvalue weighted by Gasteiger charge is 2.14. The zero-order valence-electron chi connectivity index (χ0n) is 15.9. The van der Waals surface area contributed by atoms with Crippen molar-refractivity contribution in [2.75, 3.05) is 24.9 Å². The maximum absolute atomic E-state index is 13.8. The second-order valence-corrected chi connectivity index (χ2v) is 6.03. The predicted molar refractivity (Wildman–Crippen MR) is 108 cm³/mol. The molecule has 0 aliphatic rings. The highest BCUT2D eigenvalue weighted by Crippen LogP contribution is 2.29. The number of carbonyl (C=O) groups is 2. The quantitative estimate of drug-likeness (QED) is 0.652. The van der Waals surface area contributed by atoms with Crippen LogP contribution in [0.15, 0.2) is 66.7 Å². The number of ether oxygens (including phenoxy) is 2. The van der Waals surface area contributed by atoms with E-state index < -0.39 is 11.7 Å². The second-order valence-electron chi connectivity index (χ2n) is 6.03. The fourth-order valence-electron chi connectivity index (χ4n) is 2.66. The highest BCUT2D eigenvalue weighted by atomic mass is 19.1. The average molecular weight is 394 g/mol. The van der Waals surface area contributed by atoms with Gasteiger partial charge in [0.05, 0.1) is 25.5 Å². The van der Waals surface area contributed by atoms with Crippen LogP contribution in [0.4, 0.5) is 15.8 Å². The lowest BCUT2D eigenvalue weighted by atomic mass is 10.1. The zero-order chi connectivity index (χ0) is 20.8. The van der Waals surface area contributed by atoms with Gasteiger partial charge in [-0.3, -0.25) is 9.59 Å². The average Bonchev–Trinajstić information content (AvgIpc) is 2.74. The number of nitrogens with one attached hydrogen (secondary N) is 2. The van der Waals surface area contributed by atoms with E-state index in [1.165, 1.54) is 25.3 Å². The maximum atomic E-state index is 13.8. The Morgan fingerprint density at radius 1 is 0.828 bits per heavy atom. The molecule has 0 bridgehead atoms. The van der Waals surface area contributed by atoms with Crippen molar-refractivity contribution in [2.24, 2.45) is 0 Å². The molecule has 2 N–H and O–H groups in total. The van der Waals surface area contributed by atoms with Crippen LogP contribution in [-0.2, 0) is 0 Å². The number of halogens is 1. The molecule has 148 valence electrons. The zero-order valence-corrected chi connectivity index (χ0v) is 15.9. The number of benzene rings is 3. The van der Waals surface area contributed by atoms with Gasteiger partial charge in [0.25, 0.3) is 11.8 Å². The first-order chi connectivity index (χ1) is 14.0. The lowest BCUT2D eigenvalue weighted by Gasteiger charge is -2.13. The summed E-state index contributed by atoms with van der Waals surface area (Å²) in [4.78, 5) is 24.9. The number of amides is 2. The van der Waals surface area contributed by atoms with Gasteiger partial charge in [-0.15, -0.1) is 0 Å². The van der Waals surface area contributed by atoms with Crippen molar-refractivity contribution in [2.45, 2.75) is 0 Å². The fourth-order valence-corrected chi connectivity index (χ4v) is 2.66. The molecule has 0 saturated heterocycles. The highest BCUT2D eigenvalue weighted by molar-refractivity contribution is 6.07. The topological polar surface area (TPSA) is 76.7 Å². The van der Waals surface area contributed by atoms with E-state index in [1.807, 2.05) is 0 Å². The minimum atomic E-state index is -0.619. The Kier molecular flexibility index (Phi) is 6.09. The van der Waals surface area contributed by atoms with Crippen LogP contribution in [0.3, 0.4) is 0 Å². The Bertz CT molecular complexity index is 1040. The van der Waals surface area contributed by atoms with Gasteiger partial charge in [-0.05, 0) is 54.6 Å². The first-order valence-electron chi connectivity index (χ1n) is 8.71. The summed E-state index contributed by atoms with van der Waals surface area (Å²) in [6, 6.07) is 17.0. The molecule has 29 heavy (non-hydrogen) atoms. The molecular formula is C22H19FN2O4. The third-order valence-electron chi connectivity index (χ3n) is 4.18. The van der Waals surface area contributed by atoms with Crippen molar-refractivity contribution in [3.05, 3.63) is 83.7 Å². The van der Waals surface area contributed by atoms with Gasteiger partial charge >= 0.3 is 0 Å². The summed E-state index contributed by atoms with van der Waals surface area (Å²) in [6.07, 6.45) is 0. The minimum Gasteiger partial charge on any atom is -0.497 e. The molecule has 2 amide bonds. The molecule has 3 rings (SSSR count). The van der Waals surface area contributed by atoms with E-state index in [4.69, 9.17) is 9.47 Å². The number of rotatable bonds is 6. The lowest BCUT2D eigenvalue weighted by Crippen LogP contribution is -2.15. The van der Waals surface area contributed by atoms with Crippen molar-refractivity contribution in [1.82, 2.24) is 0 Å². The van der Waals surface area contributed by atoms with E-state index in [0.717, 1.165) is 0 Å². The third-order valence-corrected chi connectivity index (χ3v) is 4.18. The Morgan fingerprint density at radius 3 is 2.21 bits per heavy atom. The summed E-state index contributed by atoms with van der Waals surface area (Å²) in [6.45, 7) is 0. The minimum absolute atomic E-state index is 0.0767. The molecule has 0 spiro atoms. The predicted octanol–water partition coefficient (Wildman–Crippen LogP) is 4.35. The van der Waals surface area contributed by atoms with Crippen LogP contribution < -0.4 is 20.1 Å². The molecule has 0 aliphatic carbocycles. The van der Waals surface area contributed by atoms with E-state index >= 15 is 0 Å². The van der Waals surface area contributed by atoms with E-state index in [1.54, 1.807) is 55.6 Å². The van der Waals surface area contributed by atoms with Gasteiger partial charge in [0, 0.05) is 11.3 Å². The summed E-state index contributed by atoms with van der Waals surface area (Å²) in [5.41, 5.74) is 1.09.